The van der Waals surface area contributed by atoms with E-state index in [1.807, 2.05) is 36.7 Å². The molecule has 0 spiro atoms. The van der Waals surface area contributed by atoms with E-state index in [2.05, 4.69) is 15.9 Å². The van der Waals surface area contributed by atoms with Gasteiger partial charge in [0.05, 0.1) is 13.0 Å². The summed E-state index contributed by atoms with van der Waals surface area (Å²) in [7, 11) is 1.81. The van der Waals surface area contributed by atoms with Gasteiger partial charge < -0.3 is 4.90 Å². The van der Waals surface area contributed by atoms with Gasteiger partial charge in [-0.1, -0.05) is 29.8 Å². The molecule has 0 N–H and O–H groups in total. The van der Waals surface area contributed by atoms with Crippen molar-refractivity contribution < 1.29 is 4.79 Å². The van der Waals surface area contributed by atoms with E-state index >= 15 is 0 Å². The number of hydrogen-bond acceptors (Lipinski definition) is 2. The second-order valence-electron chi connectivity index (χ2n) is 4.25. The van der Waals surface area contributed by atoms with Gasteiger partial charge in [-0.2, -0.15) is 0 Å². The van der Waals surface area contributed by atoms with E-state index in [4.69, 9.17) is 11.6 Å². The van der Waals surface area contributed by atoms with Gasteiger partial charge in [0.15, 0.2) is 0 Å². The minimum atomic E-state index is 0.0672. The third-order valence-electron chi connectivity index (χ3n) is 2.74. The maximum absolute atomic E-state index is 12.1. The molecule has 2 rings (SSSR count). The maximum atomic E-state index is 12.1. The first-order valence-electron chi connectivity index (χ1n) is 5.76. The smallest absolute Gasteiger partial charge is 0.227 e. The van der Waals surface area contributed by atoms with E-state index < -0.39 is 0 Å². The van der Waals surface area contributed by atoms with Gasteiger partial charge >= 0.3 is 0 Å². The second kappa shape index (κ2) is 6.55. The Hall–Kier alpha value is -0.840. The Balaban J connectivity index is 1.98. The zero-order valence-corrected chi connectivity index (χ0v) is 13.6. The first-order chi connectivity index (χ1) is 9.06. The van der Waals surface area contributed by atoms with Crippen LogP contribution in [-0.2, 0) is 17.8 Å². The maximum Gasteiger partial charge on any atom is 0.227 e. The Morgan fingerprint density at radius 1 is 1.42 bits per heavy atom. The van der Waals surface area contributed by atoms with Crippen molar-refractivity contribution in [2.45, 2.75) is 13.0 Å². The third kappa shape index (κ3) is 4.06. The lowest BCUT2D eigenvalue weighted by Gasteiger charge is -2.16. The van der Waals surface area contributed by atoms with Crippen LogP contribution in [-0.4, -0.2) is 17.9 Å². The van der Waals surface area contributed by atoms with Gasteiger partial charge in [-0.25, -0.2) is 0 Å². The van der Waals surface area contributed by atoms with Gasteiger partial charge in [-0.15, -0.1) is 11.3 Å². The Labute approximate surface area is 130 Å². The lowest BCUT2D eigenvalue weighted by Crippen LogP contribution is -2.27. The van der Waals surface area contributed by atoms with Crippen LogP contribution in [0.2, 0.25) is 5.02 Å². The minimum absolute atomic E-state index is 0.0672. The van der Waals surface area contributed by atoms with E-state index in [-0.39, 0.29) is 5.91 Å². The van der Waals surface area contributed by atoms with Crippen molar-refractivity contribution in [3.05, 3.63) is 55.6 Å². The molecule has 1 aromatic carbocycles. The SMILES string of the molecule is CN(Cc1cc(Br)cs1)C(=O)Cc1ccccc1Cl. The highest BCUT2D eigenvalue weighted by atomic mass is 79.9. The van der Waals surface area contributed by atoms with Crippen molar-refractivity contribution in [1.82, 2.24) is 4.90 Å². The summed E-state index contributed by atoms with van der Waals surface area (Å²) in [4.78, 5) is 15.0. The minimum Gasteiger partial charge on any atom is -0.340 e. The average Bonchev–Trinajstić information content (AvgIpc) is 2.77. The zero-order valence-electron chi connectivity index (χ0n) is 10.4. The van der Waals surface area contributed by atoms with Crippen LogP contribution in [0, 0.1) is 0 Å². The highest BCUT2D eigenvalue weighted by molar-refractivity contribution is 9.10. The van der Waals surface area contributed by atoms with E-state index in [1.54, 1.807) is 22.3 Å². The molecule has 0 bridgehead atoms. The van der Waals surface area contributed by atoms with E-state index in [0.717, 1.165) is 14.9 Å². The van der Waals surface area contributed by atoms with Gasteiger partial charge in [0.1, 0.15) is 0 Å². The molecule has 2 nitrogen and oxygen atoms in total. The predicted octanol–water partition coefficient (Wildman–Crippen LogP) is 4.37. The lowest BCUT2D eigenvalue weighted by molar-refractivity contribution is -0.129. The van der Waals surface area contributed by atoms with Crippen LogP contribution in [0.25, 0.3) is 0 Å². The van der Waals surface area contributed by atoms with Crippen molar-refractivity contribution in [3.63, 3.8) is 0 Å². The number of carbonyl (C=O) groups is 1. The summed E-state index contributed by atoms with van der Waals surface area (Å²) < 4.78 is 1.06. The van der Waals surface area contributed by atoms with Crippen molar-refractivity contribution in [2.75, 3.05) is 7.05 Å². The second-order valence-corrected chi connectivity index (χ2v) is 6.57. The Bertz CT molecular complexity index is 584. The monoisotopic (exact) mass is 357 g/mol. The third-order valence-corrected chi connectivity index (χ3v) is 4.79. The molecule has 5 heteroatoms. The zero-order chi connectivity index (χ0) is 13.8. The molecule has 100 valence electrons. The molecule has 19 heavy (non-hydrogen) atoms. The number of hydrogen-bond donors (Lipinski definition) is 0. The van der Waals surface area contributed by atoms with Crippen LogP contribution in [0.1, 0.15) is 10.4 Å². The summed E-state index contributed by atoms with van der Waals surface area (Å²) in [5.74, 6) is 0.0672. The van der Waals surface area contributed by atoms with Crippen LogP contribution in [0.5, 0.6) is 0 Å². The molecule has 1 amide bonds. The fraction of sp³-hybridized carbons (Fsp3) is 0.214. The molecular formula is C14H13BrClNOS. The molecule has 2 aromatic rings. The molecule has 0 saturated carbocycles. The standard InChI is InChI=1S/C14H13BrClNOS/c1-17(8-12-7-11(15)9-19-12)14(18)6-10-4-2-3-5-13(10)16/h2-5,7,9H,6,8H2,1H3. The van der Waals surface area contributed by atoms with Crippen molar-refractivity contribution in [1.29, 1.82) is 0 Å². The largest absolute Gasteiger partial charge is 0.340 e. The Morgan fingerprint density at radius 3 is 2.79 bits per heavy atom. The molecule has 0 saturated heterocycles. The molecule has 0 aliphatic rings. The summed E-state index contributed by atoms with van der Waals surface area (Å²) in [6.07, 6.45) is 0.336. The Kier molecular flexibility index (Phi) is 5.02. The number of nitrogens with zero attached hydrogens (tertiary/aromatic N) is 1. The lowest BCUT2D eigenvalue weighted by atomic mass is 10.1. The summed E-state index contributed by atoms with van der Waals surface area (Å²) in [6.45, 7) is 0.625. The molecule has 0 unspecified atom stereocenters. The van der Waals surface area contributed by atoms with Gasteiger partial charge in [0.2, 0.25) is 5.91 Å². The number of amides is 1. The number of likely N-dealkylation sites (N-methyl/N-ethyl adjacent to an activating group) is 1. The van der Waals surface area contributed by atoms with Crippen molar-refractivity contribution in [2.24, 2.45) is 0 Å². The fourth-order valence-electron chi connectivity index (χ4n) is 1.70. The molecule has 1 aromatic heterocycles. The number of benzene rings is 1. The molecule has 0 atom stereocenters. The molecule has 0 aliphatic carbocycles. The molecular weight excluding hydrogens is 346 g/mol. The number of carbonyl (C=O) groups excluding carboxylic acids is 1. The van der Waals surface area contributed by atoms with Crippen LogP contribution in [0.15, 0.2) is 40.2 Å². The van der Waals surface area contributed by atoms with Crippen LogP contribution in [0.4, 0.5) is 0 Å². The molecule has 1 heterocycles. The van der Waals surface area contributed by atoms with Crippen LogP contribution < -0.4 is 0 Å². The van der Waals surface area contributed by atoms with Gasteiger partial charge in [0.25, 0.3) is 0 Å². The normalized spacial score (nSPS) is 10.5. The highest BCUT2D eigenvalue weighted by Gasteiger charge is 2.12. The first-order valence-corrected chi connectivity index (χ1v) is 7.81. The number of thiophene rings is 1. The van der Waals surface area contributed by atoms with E-state index in [0.29, 0.717) is 18.0 Å². The fourth-order valence-corrected chi connectivity index (χ4v) is 3.40. The van der Waals surface area contributed by atoms with Crippen molar-refractivity contribution >= 4 is 44.8 Å². The quantitative estimate of drug-likeness (QED) is 0.795. The van der Waals surface area contributed by atoms with Crippen LogP contribution >= 0.6 is 38.9 Å². The summed E-state index contributed by atoms with van der Waals surface area (Å²) in [5, 5.41) is 2.66. The first kappa shape index (κ1) is 14.6. The predicted molar refractivity (Wildman–Crippen MR) is 83.6 cm³/mol. The molecule has 0 radical (unpaired) electrons. The summed E-state index contributed by atoms with van der Waals surface area (Å²) >= 11 is 11.1. The van der Waals surface area contributed by atoms with Crippen molar-refractivity contribution in [3.8, 4) is 0 Å². The summed E-state index contributed by atoms with van der Waals surface area (Å²) in [6, 6.07) is 9.48. The molecule has 0 aliphatic heterocycles. The van der Waals surface area contributed by atoms with Crippen LogP contribution in [0.3, 0.4) is 0 Å². The van der Waals surface area contributed by atoms with E-state index in [1.165, 1.54) is 0 Å². The number of halogens is 2. The average molecular weight is 359 g/mol. The highest BCUT2D eigenvalue weighted by Crippen LogP contribution is 2.21. The number of rotatable bonds is 4. The molecule has 0 fully saturated rings. The Morgan fingerprint density at radius 2 is 2.16 bits per heavy atom. The van der Waals surface area contributed by atoms with E-state index in [9.17, 15) is 4.79 Å². The van der Waals surface area contributed by atoms with Gasteiger partial charge in [-0.3, -0.25) is 4.79 Å². The summed E-state index contributed by atoms with van der Waals surface area (Å²) in [5.41, 5.74) is 0.869. The van der Waals surface area contributed by atoms with Gasteiger partial charge in [-0.05, 0) is 33.6 Å². The topological polar surface area (TPSA) is 20.3 Å². The van der Waals surface area contributed by atoms with Gasteiger partial charge in [0, 0.05) is 26.8 Å².